The van der Waals surface area contributed by atoms with Gasteiger partial charge in [-0.3, -0.25) is 14.2 Å². The van der Waals surface area contributed by atoms with Gasteiger partial charge in [0.2, 0.25) is 0 Å². The van der Waals surface area contributed by atoms with Crippen molar-refractivity contribution in [1.29, 1.82) is 0 Å². The van der Waals surface area contributed by atoms with Gasteiger partial charge in [-0.25, -0.2) is 14.2 Å². The first-order valence-corrected chi connectivity index (χ1v) is 10.7. The Labute approximate surface area is 184 Å². The van der Waals surface area contributed by atoms with E-state index in [4.69, 9.17) is 4.74 Å². The molecule has 1 aliphatic rings. The van der Waals surface area contributed by atoms with E-state index in [2.05, 4.69) is 10.3 Å². The number of benzene rings is 2. The Bertz CT molecular complexity index is 1200. The summed E-state index contributed by atoms with van der Waals surface area (Å²) < 4.78 is 19.7. The highest BCUT2D eigenvalue weighted by Crippen LogP contribution is 2.17. The molecule has 0 saturated heterocycles. The molecule has 0 saturated carbocycles. The molecule has 0 fully saturated rings. The summed E-state index contributed by atoms with van der Waals surface area (Å²) in [5.74, 6) is -0.652. The Balaban J connectivity index is 1.35. The number of hydrogen-bond donors (Lipinski definition) is 1. The predicted octanol–water partition coefficient (Wildman–Crippen LogP) is 2.78. The van der Waals surface area contributed by atoms with Crippen molar-refractivity contribution in [2.24, 2.45) is 0 Å². The summed E-state index contributed by atoms with van der Waals surface area (Å²) in [6.07, 6.45) is 4.27. The van der Waals surface area contributed by atoms with Gasteiger partial charge >= 0.3 is 5.97 Å². The molecule has 0 radical (unpaired) electrons. The van der Waals surface area contributed by atoms with Crippen LogP contribution in [0.3, 0.4) is 0 Å². The van der Waals surface area contributed by atoms with Crippen LogP contribution in [0.5, 0.6) is 0 Å². The number of fused-ring (bicyclic) bond motifs is 2. The molecule has 0 atom stereocenters. The molecule has 0 spiro atoms. The number of aryl methyl sites for hydroxylation is 1. The molecular formula is C24H24FN3O4. The highest BCUT2D eigenvalue weighted by atomic mass is 19.1. The van der Waals surface area contributed by atoms with Crippen LogP contribution in [0, 0.1) is 5.82 Å². The predicted molar refractivity (Wildman–Crippen MR) is 117 cm³/mol. The van der Waals surface area contributed by atoms with E-state index in [1.165, 1.54) is 24.3 Å². The number of nitrogens with one attached hydrogen (secondary N) is 1. The first kappa shape index (κ1) is 21.7. The fourth-order valence-corrected chi connectivity index (χ4v) is 3.81. The van der Waals surface area contributed by atoms with Gasteiger partial charge in [0, 0.05) is 19.5 Å². The zero-order valence-electron chi connectivity index (χ0n) is 17.6. The minimum absolute atomic E-state index is 0.0904. The molecular weight excluding hydrogens is 413 g/mol. The SMILES string of the molecule is O=C(COC(=O)c1ccc2c(=O)n3c(nc2c1)CCCCC3)NCCc1ccc(F)cc1. The van der Waals surface area contributed by atoms with E-state index < -0.39 is 18.5 Å². The van der Waals surface area contributed by atoms with Gasteiger partial charge in [0.1, 0.15) is 11.6 Å². The number of amides is 1. The van der Waals surface area contributed by atoms with E-state index in [0.717, 1.165) is 37.1 Å². The second-order valence-corrected chi connectivity index (χ2v) is 7.83. The standard InChI is InChI=1S/C24H24FN3O4/c25-18-8-5-16(6-9-18)11-12-26-22(29)15-32-24(31)17-7-10-19-20(14-17)27-21-4-2-1-3-13-28(21)23(19)30/h5-10,14H,1-4,11-13,15H2,(H,26,29). The minimum Gasteiger partial charge on any atom is -0.452 e. The highest BCUT2D eigenvalue weighted by Gasteiger charge is 2.16. The van der Waals surface area contributed by atoms with Crippen LogP contribution in [0.4, 0.5) is 4.39 Å². The molecule has 8 heteroatoms. The van der Waals surface area contributed by atoms with Crippen LogP contribution >= 0.6 is 0 Å². The number of ether oxygens (including phenoxy) is 1. The van der Waals surface area contributed by atoms with Crippen LogP contribution in [-0.2, 0) is 28.9 Å². The van der Waals surface area contributed by atoms with Crippen LogP contribution in [-0.4, -0.2) is 34.6 Å². The minimum atomic E-state index is -0.655. The zero-order valence-corrected chi connectivity index (χ0v) is 17.6. The summed E-state index contributed by atoms with van der Waals surface area (Å²) in [6, 6.07) is 10.7. The lowest BCUT2D eigenvalue weighted by molar-refractivity contribution is -0.124. The molecule has 1 amide bonds. The Morgan fingerprint density at radius 3 is 2.72 bits per heavy atom. The maximum Gasteiger partial charge on any atom is 0.338 e. The molecule has 2 heterocycles. The van der Waals surface area contributed by atoms with Crippen molar-refractivity contribution >= 4 is 22.8 Å². The molecule has 3 aromatic rings. The topological polar surface area (TPSA) is 90.3 Å². The monoisotopic (exact) mass is 437 g/mol. The molecule has 1 aromatic heterocycles. The number of aromatic nitrogens is 2. The zero-order chi connectivity index (χ0) is 22.5. The Hall–Kier alpha value is -3.55. The largest absolute Gasteiger partial charge is 0.452 e. The summed E-state index contributed by atoms with van der Waals surface area (Å²) in [7, 11) is 0. The number of hydrogen-bond acceptors (Lipinski definition) is 5. The van der Waals surface area contributed by atoms with E-state index in [1.54, 1.807) is 22.8 Å². The fraction of sp³-hybridized carbons (Fsp3) is 0.333. The fourth-order valence-electron chi connectivity index (χ4n) is 3.81. The maximum absolute atomic E-state index is 12.9. The molecule has 0 unspecified atom stereocenters. The van der Waals surface area contributed by atoms with Gasteiger partial charge in [0.15, 0.2) is 6.61 Å². The van der Waals surface area contributed by atoms with Gasteiger partial charge in [0.25, 0.3) is 11.5 Å². The number of nitrogens with zero attached hydrogens (tertiary/aromatic N) is 2. The number of carbonyl (C=O) groups excluding carboxylic acids is 2. The average Bonchev–Trinajstić information content (AvgIpc) is 3.04. The van der Waals surface area contributed by atoms with E-state index in [9.17, 15) is 18.8 Å². The summed E-state index contributed by atoms with van der Waals surface area (Å²) in [4.78, 5) is 41.7. The van der Waals surface area contributed by atoms with Crippen LogP contribution in [0.25, 0.3) is 10.9 Å². The number of halogens is 1. The molecule has 4 rings (SSSR count). The third-order valence-corrected chi connectivity index (χ3v) is 5.54. The first-order valence-electron chi connectivity index (χ1n) is 10.7. The van der Waals surface area contributed by atoms with Crippen molar-refractivity contribution in [1.82, 2.24) is 14.9 Å². The summed E-state index contributed by atoms with van der Waals surface area (Å²) in [5.41, 5.74) is 1.50. The third kappa shape index (κ3) is 5.01. The van der Waals surface area contributed by atoms with Crippen LogP contribution < -0.4 is 10.9 Å². The summed E-state index contributed by atoms with van der Waals surface area (Å²) in [6.45, 7) is 0.592. The number of carbonyl (C=O) groups is 2. The lowest BCUT2D eigenvalue weighted by Gasteiger charge is -2.11. The molecule has 1 N–H and O–H groups in total. The summed E-state index contributed by atoms with van der Waals surface area (Å²) >= 11 is 0. The lowest BCUT2D eigenvalue weighted by Crippen LogP contribution is -2.30. The summed E-state index contributed by atoms with van der Waals surface area (Å²) in [5, 5.41) is 3.13. The van der Waals surface area contributed by atoms with Gasteiger partial charge in [-0.2, -0.15) is 0 Å². The van der Waals surface area contributed by atoms with Crippen LogP contribution in [0.1, 0.15) is 41.0 Å². The molecule has 0 bridgehead atoms. The number of rotatable bonds is 6. The van der Waals surface area contributed by atoms with Crippen molar-refractivity contribution in [3.63, 3.8) is 0 Å². The Morgan fingerprint density at radius 2 is 1.91 bits per heavy atom. The lowest BCUT2D eigenvalue weighted by atomic mass is 10.1. The molecule has 32 heavy (non-hydrogen) atoms. The third-order valence-electron chi connectivity index (χ3n) is 5.54. The van der Waals surface area contributed by atoms with Crippen LogP contribution in [0.15, 0.2) is 47.3 Å². The van der Waals surface area contributed by atoms with Crippen molar-refractivity contribution in [3.8, 4) is 0 Å². The van der Waals surface area contributed by atoms with Gasteiger partial charge in [-0.1, -0.05) is 18.6 Å². The van der Waals surface area contributed by atoms with Gasteiger partial charge < -0.3 is 10.1 Å². The highest BCUT2D eigenvalue weighted by molar-refractivity contribution is 5.95. The van der Waals surface area contributed by atoms with E-state index in [1.807, 2.05) is 0 Å². The van der Waals surface area contributed by atoms with Crippen molar-refractivity contribution < 1.29 is 18.7 Å². The second-order valence-electron chi connectivity index (χ2n) is 7.83. The van der Waals surface area contributed by atoms with E-state index >= 15 is 0 Å². The Kier molecular flexibility index (Phi) is 6.58. The van der Waals surface area contributed by atoms with E-state index in [0.29, 0.717) is 30.4 Å². The smallest absolute Gasteiger partial charge is 0.338 e. The van der Waals surface area contributed by atoms with Gasteiger partial charge in [-0.05, 0) is 55.2 Å². The molecule has 2 aromatic carbocycles. The number of esters is 1. The van der Waals surface area contributed by atoms with Gasteiger partial charge in [-0.15, -0.1) is 0 Å². The van der Waals surface area contributed by atoms with Gasteiger partial charge in [0.05, 0.1) is 16.5 Å². The second kappa shape index (κ2) is 9.72. The van der Waals surface area contributed by atoms with Crippen molar-refractivity contribution in [3.05, 3.63) is 75.6 Å². The normalized spacial score (nSPS) is 13.3. The molecule has 7 nitrogen and oxygen atoms in total. The van der Waals surface area contributed by atoms with Crippen LogP contribution in [0.2, 0.25) is 0 Å². The Morgan fingerprint density at radius 1 is 1.09 bits per heavy atom. The average molecular weight is 437 g/mol. The first-order chi connectivity index (χ1) is 15.5. The molecule has 0 aliphatic carbocycles. The molecule has 1 aliphatic heterocycles. The quantitative estimate of drug-likeness (QED) is 0.599. The van der Waals surface area contributed by atoms with Crippen molar-refractivity contribution in [2.75, 3.05) is 13.2 Å². The molecule has 166 valence electrons. The van der Waals surface area contributed by atoms with Crippen molar-refractivity contribution in [2.45, 2.75) is 38.6 Å². The maximum atomic E-state index is 12.9. The van der Waals surface area contributed by atoms with E-state index in [-0.39, 0.29) is 16.9 Å².